The molecule has 1 heterocycles. The molecular weight excluding hydrogens is 426 g/mol. The molecule has 6 heteroatoms. The van der Waals surface area contributed by atoms with Crippen molar-refractivity contribution in [2.45, 2.75) is 6.54 Å². The van der Waals surface area contributed by atoms with E-state index in [0.717, 1.165) is 44.2 Å². The van der Waals surface area contributed by atoms with Crippen molar-refractivity contribution in [3.63, 3.8) is 0 Å². The summed E-state index contributed by atoms with van der Waals surface area (Å²) in [5.41, 5.74) is 16.8. The van der Waals surface area contributed by atoms with E-state index in [-0.39, 0.29) is 0 Å². The second-order valence-corrected chi connectivity index (χ2v) is 8.09. The molecule has 0 aliphatic rings. The fraction of sp³-hybridized carbons (Fsp3) is 0.0714. The first kappa shape index (κ1) is 21.3. The van der Waals surface area contributed by atoms with Gasteiger partial charge in [0, 0.05) is 28.4 Å². The van der Waals surface area contributed by atoms with Crippen molar-refractivity contribution in [3.8, 4) is 16.9 Å². The number of nitrogens with two attached hydrogens (primary N) is 2. The van der Waals surface area contributed by atoms with Gasteiger partial charge in [-0.15, -0.1) is 0 Å². The first-order valence-electron chi connectivity index (χ1n) is 10.8. The molecule has 167 valence electrons. The molecule has 5 rings (SSSR count). The van der Waals surface area contributed by atoms with Crippen LogP contribution in [0.3, 0.4) is 0 Å². The standard InChI is InChI=1S/C28H22N3O3/c1-34-21-12-9-18(10-13-21)20-11-14-22-25(15-20)31(16-17-5-7-19(8-6-17)27(29)32)24-4-2-3-23(26(22)24)28(30)33/h2-13,15H,16H2,1H3,(H2,29,32)(H2,30,33). The van der Waals surface area contributed by atoms with Crippen LogP contribution in [0.1, 0.15) is 26.3 Å². The number of hydrogen-bond donors (Lipinski definition) is 2. The number of benzene rings is 4. The number of aromatic nitrogens is 1. The summed E-state index contributed by atoms with van der Waals surface area (Å²) < 4.78 is 7.41. The van der Waals surface area contributed by atoms with Gasteiger partial charge in [-0.05, 0) is 71.3 Å². The van der Waals surface area contributed by atoms with Crippen LogP contribution in [0.2, 0.25) is 0 Å². The molecule has 0 unspecified atom stereocenters. The van der Waals surface area contributed by atoms with Gasteiger partial charge in [0.25, 0.3) is 0 Å². The molecule has 4 aromatic carbocycles. The lowest BCUT2D eigenvalue weighted by Gasteiger charge is -2.10. The zero-order valence-electron chi connectivity index (χ0n) is 18.5. The third-order valence-corrected chi connectivity index (χ3v) is 6.06. The molecule has 0 aliphatic carbocycles. The number of fused-ring (bicyclic) bond motifs is 3. The Hall–Kier alpha value is -4.58. The topological polar surface area (TPSA) is 100 Å². The van der Waals surface area contributed by atoms with Crippen molar-refractivity contribution in [1.29, 1.82) is 0 Å². The summed E-state index contributed by atoms with van der Waals surface area (Å²) in [5, 5.41) is 1.61. The maximum absolute atomic E-state index is 12.2. The third kappa shape index (κ3) is 3.65. The zero-order chi connectivity index (χ0) is 23.8. The molecule has 0 aliphatic heterocycles. The molecule has 0 bridgehead atoms. The van der Waals surface area contributed by atoms with Crippen molar-refractivity contribution in [2.24, 2.45) is 11.5 Å². The molecule has 5 aromatic rings. The van der Waals surface area contributed by atoms with E-state index in [1.54, 1.807) is 25.3 Å². The van der Waals surface area contributed by atoms with Gasteiger partial charge >= 0.3 is 0 Å². The quantitative estimate of drug-likeness (QED) is 0.399. The number of hydrogen-bond acceptors (Lipinski definition) is 3. The van der Waals surface area contributed by atoms with Crippen LogP contribution in [-0.2, 0) is 6.54 Å². The highest BCUT2D eigenvalue weighted by Gasteiger charge is 2.17. The van der Waals surface area contributed by atoms with Gasteiger partial charge in [0.1, 0.15) is 5.75 Å². The largest absolute Gasteiger partial charge is 0.497 e. The second-order valence-electron chi connectivity index (χ2n) is 8.09. The molecule has 0 fully saturated rings. The number of amides is 2. The first-order chi connectivity index (χ1) is 16.5. The van der Waals surface area contributed by atoms with E-state index < -0.39 is 11.8 Å². The Bertz CT molecular complexity index is 1550. The van der Waals surface area contributed by atoms with Crippen LogP contribution >= 0.6 is 0 Å². The Morgan fingerprint density at radius 1 is 0.882 bits per heavy atom. The van der Waals surface area contributed by atoms with Gasteiger partial charge in [0.15, 0.2) is 0 Å². The Morgan fingerprint density at radius 3 is 2.26 bits per heavy atom. The van der Waals surface area contributed by atoms with Crippen LogP contribution in [0.4, 0.5) is 0 Å². The van der Waals surface area contributed by atoms with Crippen molar-refractivity contribution in [2.75, 3.05) is 7.11 Å². The zero-order valence-corrected chi connectivity index (χ0v) is 18.5. The predicted octanol–water partition coefficient (Wildman–Crippen LogP) is 4.52. The van der Waals surface area contributed by atoms with Crippen molar-refractivity contribution in [1.82, 2.24) is 4.57 Å². The molecule has 0 saturated carbocycles. The number of nitrogens with zero attached hydrogens (tertiary/aromatic N) is 1. The average molecular weight is 449 g/mol. The molecular formula is C28H22N3O3. The number of primary amides is 2. The third-order valence-electron chi connectivity index (χ3n) is 6.06. The van der Waals surface area contributed by atoms with Crippen molar-refractivity contribution >= 4 is 33.6 Å². The van der Waals surface area contributed by atoms with E-state index in [1.807, 2.05) is 54.6 Å². The predicted molar refractivity (Wildman–Crippen MR) is 133 cm³/mol. The Balaban J connectivity index is 1.72. The van der Waals surface area contributed by atoms with Crippen LogP contribution in [0.5, 0.6) is 5.75 Å². The average Bonchev–Trinajstić information content (AvgIpc) is 3.17. The normalized spacial score (nSPS) is 11.1. The first-order valence-corrected chi connectivity index (χ1v) is 10.8. The highest BCUT2D eigenvalue weighted by molar-refractivity contribution is 6.18. The molecule has 34 heavy (non-hydrogen) atoms. The van der Waals surface area contributed by atoms with Crippen LogP contribution in [0, 0.1) is 6.07 Å². The van der Waals surface area contributed by atoms with Crippen LogP contribution < -0.4 is 16.2 Å². The van der Waals surface area contributed by atoms with Gasteiger partial charge in [-0.25, -0.2) is 0 Å². The maximum Gasteiger partial charge on any atom is 0.249 e. The highest BCUT2D eigenvalue weighted by Crippen LogP contribution is 2.35. The second kappa shape index (κ2) is 8.41. The summed E-state index contributed by atoms with van der Waals surface area (Å²) in [7, 11) is 1.64. The van der Waals surface area contributed by atoms with Gasteiger partial charge in [-0.2, -0.15) is 0 Å². The monoisotopic (exact) mass is 448 g/mol. The lowest BCUT2D eigenvalue weighted by Crippen LogP contribution is -2.11. The molecule has 0 atom stereocenters. The number of methoxy groups -OCH3 is 1. The van der Waals surface area contributed by atoms with Gasteiger partial charge in [0.2, 0.25) is 11.8 Å². The van der Waals surface area contributed by atoms with Crippen LogP contribution in [-0.4, -0.2) is 23.5 Å². The Labute approximate surface area is 196 Å². The molecule has 0 spiro atoms. The lowest BCUT2D eigenvalue weighted by molar-refractivity contribution is 0.0992. The van der Waals surface area contributed by atoms with Crippen molar-refractivity contribution in [3.05, 3.63) is 102 Å². The van der Waals surface area contributed by atoms with Gasteiger partial charge in [-0.1, -0.05) is 30.3 Å². The molecule has 2 amide bonds. The molecule has 1 aromatic heterocycles. The fourth-order valence-electron chi connectivity index (χ4n) is 4.34. The van der Waals surface area contributed by atoms with E-state index in [2.05, 4.69) is 16.7 Å². The van der Waals surface area contributed by atoms with E-state index >= 15 is 0 Å². The summed E-state index contributed by atoms with van der Waals surface area (Å²) in [6, 6.07) is 28.0. The minimum Gasteiger partial charge on any atom is -0.497 e. The summed E-state index contributed by atoms with van der Waals surface area (Å²) in [6.45, 7) is 0.529. The van der Waals surface area contributed by atoms with Crippen molar-refractivity contribution < 1.29 is 14.3 Å². The number of ether oxygens (including phenoxy) is 1. The fourth-order valence-corrected chi connectivity index (χ4v) is 4.34. The summed E-state index contributed by atoms with van der Waals surface area (Å²) in [6.07, 6.45) is 0. The van der Waals surface area contributed by atoms with E-state index in [4.69, 9.17) is 16.2 Å². The van der Waals surface area contributed by atoms with Gasteiger partial charge in [0.05, 0.1) is 18.1 Å². The summed E-state index contributed by atoms with van der Waals surface area (Å²) >= 11 is 0. The smallest absolute Gasteiger partial charge is 0.249 e. The summed E-state index contributed by atoms with van der Waals surface area (Å²) in [5.74, 6) is -0.162. The Morgan fingerprint density at radius 2 is 1.62 bits per heavy atom. The van der Waals surface area contributed by atoms with Crippen LogP contribution in [0.15, 0.2) is 78.9 Å². The summed E-state index contributed by atoms with van der Waals surface area (Å²) in [4.78, 5) is 23.7. The molecule has 1 radical (unpaired) electrons. The maximum atomic E-state index is 12.2. The molecule has 0 saturated heterocycles. The van der Waals surface area contributed by atoms with Crippen LogP contribution in [0.25, 0.3) is 32.9 Å². The minimum atomic E-state index is -0.483. The highest BCUT2D eigenvalue weighted by atomic mass is 16.5. The molecule has 6 nitrogen and oxygen atoms in total. The molecule has 4 N–H and O–H groups in total. The van der Waals surface area contributed by atoms with Gasteiger partial charge < -0.3 is 20.8 Å². The number of carbonyl (C=O) groups excluding carboxylic acids is 2. The van der Waals surface area contributed by atoms with E-state index in [1.165, 1.54) is 0 Å². The SMILES string of the molecule is COc1ccc(-c2c[c]c3c4c(C(N)=O)cccc4n(Cc4ccc(C(N)=O)cc4)c3c2)cc1. The number of carbonyl (C=O) groups is 2. The van der Waals surface area contributed by atoms with E-state index in [0.29, 0.717) is 17.7 Å². The van der Waals surface area contributed by atoms with E-state index in [9.17, 15) is 9.59 Å². The minimum absolute atomic E-state index is 0.456. The number of rotatable bonds is 6. The van der Waals surface area contributed by atoms with Gasteiger partial charge in [-0.3, -0.25) is 9.59 Å². The lowest BCUT2D eigenvalue weighted by atomic mass is 10.0. The Kier molecular flexibility index (Phi) is 5.26.